The molecule has 0 saturated heterocycles. The fourth-order valence-corrected chi connectivity index (χ4v) is 3.86. The summed E-state index contributed by atoms with van der Waals surface area (Å²) in [6.07, 6.45) is 0. The monoisotopic (exact) mass is 555 g/mol. The summed E-state index contributed by atoms with van der Waals surface area (Å²) in [5.41, 5.74) is 1.84. The van der Waals surface area contributed by atoms with Crippen LogP contribution < -0.4 is 30.2 Å². The molecule has 0 spiro atoms. The summed E-state index contributed by atoms with van der Waals surface area (Å²) in [6.45, 7) is 3.22. The fourth-order valence-electron chi connectivity index (χ4n) is 3.66. The lowest BCUT2D eigenvalue weighted by Gasteiger charge is -2.14. The van der Waals surface area contributed by atoms with Gasteiger partial charge in [0.2, 0.25) is 0 Å². The number of ether oxygens (including phenoxy) is 3. The first-order valence-corrected chi connectivity index (χ1v) is 13.1. The summed E-state index contributed by atoms with van der Waals surface area (Å²) in [5.74, 6) is 1.39. The molecular formula is C31H29N3O5S. The molecular weight excluding hydrogens is 526 g/mol. The average molecular weight is 556 g/mol. The van der Waals surface area contributed by atoms with Crippen molar-refractivity contribution in [3.63, 3.8) is 0 Å². The van der Waals surface area contributed by atoms with Crippen LogP contribution in [0.5, 0.6) is 17.2 Å². The van der Waals surface area contributed by atoms with E-state index in [2.05, 4.69) is 16.0 Å². The smallest absolute Gasteiger partial charge is 0.257 e. The number of rotatable bonds is 11. The number of nitrogens with one attached hydrogen (secondary N) is 3. The van der Waals surface area contributed by atoms with Gasteiger partial charge in [0.15, 0.2) is 5.11 Å². The Morgan fingerprint density at radius 1 is 0.650 bits per heavy atom. The zero-order chi connectivity index (χ0) is 28.2. The molecule has 0 fully saturated rings. The minimum atomic E-state index is -0.396. The number of carbonyl (C=O) groups excluding carboxylic acids is 2. The van der Waals surface area contributed by atoms with Gasteiger partial charge in [-0.3, -0.25) is 14.9 Å². The summed E-state index contributed by atoms with van der Waals surface area (Å²) < 4.78 is 16.7. The zero-order valence-electron chi connectivity index (χ0n) is 21.9. The van der Waals surface area contributed by atoms with Crippen LogP contribution in [-0.2, 0) is 0 Å². The highest BCUT2D eigenvalue weighted by molar-refractivity contribution is 7.80. The molecule has 0 radical (unpaired) electrons. The molecule has 8 nitrogen and oxygen atoms in total. The van der Waals surface area contributed by atoms with Gasteiger partial charge in [0.1, 0.15) is 30.5 Å². The van der Waals surface area contributed by atoms with Gasteiger partial charge in [-0.05, 0) is 91.9 Å². The summed E-state index contributed by atoms with van der Waals surface area (Å²) in [7, 11) is 0. The maximum absolute atomic E-state index is 12.9. The number of thiocarbonyl (C=S) groups is 1. The molecule has 9 heteroatoms. The van der Waals surface area contributed by atoms with Crippen LogP contribution in [0.1, 0.15) is 27.6 Å². The number of para-hydroxylation sites is 2. The number of hydrogen-bond donors (Lipinski definition) is 3. The Morgan fingerprint density at radius 2 is 1.23 bits per heavy atom. The van der Waals surface area contributed by atoms with E-state index in [-0.39, 0.29) is 11.0 Å². The van der Waals surface area contributed by atoms with Gasteiger partial charge in [0, 0.05) is 11.3 Å². The van der Waals surface area contributed by atoms with E-state index >= 15 is 0 Å². The summed E-state index contributed by atoms with van der Waals surface area (Å²) in [4.78, 5) is 25.7. The van der Waals surface area contributed by atoms with Crippen LogP contribution in [0.15, 0.2) is 103 Å². The highest BCUT2D eigenvalue weighted by Gasteiger charge is 2.14. The van der Waals surface area contributed by atoms with Gasteiger partial charge in [0.05, 0.1) is 17.9 Å². The third-order valence-electron chi connectivity index (χ3n) is 5.55. The third kappa shape index (κ3) is 8.31. The van der Waals surface area contributed by atoms with Crippen molar-refractivity contribution < 1.29 is 23.8 Å². The molecule has 40 heavy (non-hydrogen) atoms. The molecule has 0 atom stereocenters. The predicted octanol–water partition coefficient (Wildman–Crippen LogP) is 5.92. The normalized spacial score (nSPS) is 10.2. The highest BCUT2D eigenvalue weighted by Crippen LogP contribution is 2.20. The van der Waals surface area contributed by atoms with Crippen molar-refractivity contribution in [2.75, 3.05) is 30.5 Å². The van der Waals surface area contributed by atoms with Crippen molar-refractivity contribution in [1.82, 2.24) is 5.32 Å². The minimum absolute atomic E-state index is 0.0599. The van der Waals surface area contributed by atoms with Gasteiger partial charge >= 0.3 is 0 Å². The Hall–Kier alpha value is -4.89. The minimum Gasteiger partial charge on any atom is -0.494 e. The lowest BCUT2D eigenvalue weighted by molar-refractivity contribution is 0.0976. The van der Waals surface area contributed by atoms with E-state index in [0.717, 1.165) is 11.5 Å². The van der Waals surface area contributed by atoms with Crippen LogP contribution in [0.3, 0.4) is 0 Å². The van der Waals surface area contributed by atoms with Crippen LogP contribution in [0.2, 0.25) is 0 Å². The van der Waals surface area contributed by atoms with E-state index in [0.29, 0.717) is 48.1 Å². The maximum atomic E-state index is 12.9. The predicted molar refractivity (Wildman–Crippen MR) is 160 cm³/mol. The molecule has 0 aliphatic heterocycles. The molecule has 0 heterocycles. The largest absolute Gasteiger partial charge is 0.494 e. The van der Waals surface area contributed by atoms with Crippen LogP contribution in [0, 0.1) is 0 Å². The maximum Gasteiger partial charge on any atom is 0.257 e. The Kier molecular flexibility index (Phi) is 10.1. The molecule has 2 amide bonds. The van der Waals surface area contributed by atoms with Crippen molar-refractivity contribution in [3.8, 4) is 17.2 Å². The summed E-state index contributed by atoms with van der Waals surface area (Å²) in [5, 5.41) is 8.50. The van der Waals surface area contributed by atoms with Gasteiger partial charge in [-0.2, -0.15) is 0 Å². The molecule has 3 N–H and O–H groups in total. The van der Waals surface area contributed by atoms with Gasteiger partial charge in [-0.1, -0.05) is 30.3 Å². The zero-order valence-corrected chi connectivity index (χ0v) is 22.7. The molecule has 4 rings (SSSR count). The molecule has 0 aliphatic rings. The van der Waals surface area contributed by atoms with E-state index in [4.69, 9.17) is 26.4 Å². The third-order valence-corrected chi connectivity index (χ3v) is 5.75. The van der Waals surface area contributed by atoms with Crippen LogP contribution in [0.25, 0.3) is 0 Å². The number of carbonyl (C=O) groups is 2. The van der Waals surface area contributed by atoms with E-state index in [1.54, 1.807) is 72.8 Å². The van der Waals surface area contributed by atoms with E-state index in [1.807, 2.05) is 37.3 Å². The summed E-state index contributed by atoms with van der Waals surface area (Å²) >= 11 is 5.34. The highest BCUT2D eigenvalue weighted by atomic mass is 32.1. The Balaban J connectivity index is 1.27. The van der Waals surface area contributed by atoms with Crippen LogP contribution in [-0.4, -0.2) is 36.7 Å². The molecule has 0 unspecified atom stereocenters. The van der Waals surface area contributed by atoms with Crippen LogP contribution in [0.4, 0.5) is 11.4 Å². The molecule has 0 aromatic heterocycles. The van der Waals surface area contributed by atoms with Gasteiger partial charge in [-0.25, -0.2) is 0 Å². The first-order valence-electron chi connectivity index (χ1n) is 12.7. The van der Waals surface area contributed by atoms with Crippen molar-refractivity contribution in [2.24, 2.45) is 0 Å². The molecule has 4 aromatic rings. The average Bonchev–Trinajstić information content (AvgIpc) is 2.97. The Morgan fingerprint density at radius 3 is 1.90 bits per heavy atom. The standard InChI is InChI=1S/C31H29N3O5S/c1-2-37-25-18-14-23(15-19-25)32-30(36)27-10-6-7-11-28(27)33-31(40)34-29(35)22-12-16-26(17-13-22)39-21-20-38-24-8-4-3-5-9-24/h3-19H,2,20-21H2,1H3,(H,32,36)(H2,33,34,35,40). The second-order valence-electron chi connectivity index (χ2n) is 8.40. The van der Waals surface area contributed by atoms with E-state index in [9.17, 15) is 9.59 Å². The molecule has 4 aromatic carbocycles. The van der Waals surface area contributed by atoms with Crippen LogP contribution >= 0.6 is 12.2 Å². The first kappa shape index (κ1) is 28.1. The molecule has 0 aliphatic carbocycles. The van der Waals surface area contributed by atoms with Gasteiger partial charge in [0.25, 0.3) is 11.8 Å². The second kappa shape index (κ2) is 14.3. The Labute approximate surface area is 238 Å². The lowest BCUT2D eigenvalue weighted by Crippen LogP contribution is -2.34. The van der Waals surface area contributed by atoms with Crippen molar-refractivity contribution in [1.29, 1.82) is 0 Å². The molecule has 0 bridgehead atoms. The van der Waals surface area contributed by atoms with Gasteiger partial charge < -0.3 is 24.8 Å². The van der Waals surface area contributed by atoms with Gasteiger partial charge in [-0.15, -0.1) is 0 Å². The van der Waals surface area contributed by atoms with E-state index in [1.165, 1.54) is 0 Å². The fraction of sp³-hybridized carbons (Fsp3) is 0.129. The number of hydrogen-bond acceptors (Lipinski definition) is 6. The second-order valence-corrected chi connectivity index (χ2v) is 8.81. The number of benzene rings is 4. The number of amides is 2. The first-order chi connectivity index (χ1) is 19.5. The lowest BCUT2D eigenvalue weighted by atomic mass is 10.1. The quantitative estimate of drug-likeness (QED) is 0.156. The molecule has 204 valence electrons. The van der Waals surface area contributed by atoms with Crippen molar-refractivity contribution in [3.05, 3.63) is 114 Å². The SMILES string of the molecule is CCOc1ccc(NC(=O)c2ccccc2NC(=S)NC(=O)c2ccc(OCCOc3ccccc3)cc2)cc1. The summed E-state index contributed by atoms with van der Waals surface area (Å²) in [6, 6.07) is 30.2. The Bertz CT molecular complexity index is 1430. The van der Waals surface area contributed by atoms with Crippen molar-refractivity contribution in [2.45, 2.75) is 6.92 Å². The van der Waals surface area contributed by atoms with Crippen molar-refractivity contribution >= 4 is 40.5 Å². The topological polar surface area (TPSA) is 97.9 Å². The molecule has 0 saturated carbocycles. The number of anilines is 2. The van der Waals surface area contributed by atoms with E-state index < -0.39 is 5.91 Å².